The summed E-state index contributed by atoms with van der Waals surface area (Å²) in [7, 11) is 4.08. The minimum atomic E-state index is -0.713. The quantitative estimate of drug-likeness (QED) is 0.331. The fourth-order valence-electron chi connectivity index (χ4n) is 6.38. The predicted octanol–water partition coefficient (Wildman–Crippen LogP) is 7.50. The van der Waals surface area contributed by atoms with Crippen molar-refractivity contribution < 1.29 is 14.7 Å². The van der Waals surface area contributed by atoms with Gasteiger partial charge in [-0.2, -0.15) is 0 Å². The van der Waals surface area contributed by atoms with Crippen molar-refractivity contribution in [3.8, 4) is 11.1 Å². The highest BCUT2D eigenvalue weighted by molar-refractivity contribution is 5.95. The number of carboxylic acids is 1. The lowest BCUT2D eigenvalue weighted by Gasteiger charge is -2.30. The van der Waals surface area contributed by atoms with E-state index in [4.69, 9.17) is 0 Å². The van der Waals surface area contributed by atoms with Gasteiger partial charge in [0, 0.05) is 31.4 Å². The molecule has 0 aromatic heterocycles. The molecule has 5 heteroatoms. The lowest BCUT2D eigenvalue weighted by atomic mass is 9.87. The lowest BCUT2D eigenvalue weighted by molar-refractivity contribution is -0.142. The van der Waals surface area contributed by atoms with Gasteiger partial charge in [0.05, 0.1) is 12.5 Å². The molecule has 2 aliphatic carbocycles. The van der Waals surface area contributed by atoms with E-state index in [2.05, 4.69) is 59.5 Å². The molecule has 2 atom stereocenters. The summed E-state index contributed by atoms with van der Waals surface area (Å²) in [6.07, 6.45) is 7.84. The maximum absolute atomic E-state index is 13.9. The molecule has 0 saturated heterocycles. The summed E-state index contributed by atoms with van der Waals surface area (Å²) in [5.74, 6) is -0.810. The second kappa shape index (κ2) is 12.1. The Balaban J connectivity index is 1.41. The van der Waals surface area contributed by atoms with E-state index in [1.165, 1.54) is 17.7 Å². The molecule has 204 valence electrons. The van der Waals surface area contributed by atoms with Crippen molar-refractivity contribution in [3.05, 3.63) is 83.9 Å². The number of benzene rings is 3. The summed E-state index contributed by atoms with van der Waals surface area (Å²) in [5, 5.41) is 9.75. The Kier molecular flexibility index (Phi) is 8.35. The molecule has 0 radical (unpaired) electrons. The van der Waals surface area contributed by atoms with Crippen LogP contribution in [0.15, 0.2) is 72.8 Å². The SMILES string of the molecule is CN(C)c1ccc(-c2ccc(CN(C(=O)C3CCCCC3)c3cccc(C4CCCC4C(=O)O)c3)cc2)cc1. The van der Waals surface area contributed by atoms with Crippen LogP contribution in [0.2, 0.25) is 0 Å². The van der Waals surface area contributed by atoms with Gasteiger partial charge in [0.2, 0.25) is 5.91 Å². The first-order valence-electron chi connectivity index (χ1n) is 14.4. The van der Waals surface area contributed by atoms with E-state index in [0.717, 1.165) is 67.3 Å². The van der Waals surface area contributed by atoms with Crippen molar-refractivity contribution in [1.29, 1.82) is 0 Å². The molecule has 3 aromatic carbocycles. The van der Waals surface area contributed by atoms with Crippen LogP contribution in [0, 0.1) is 11.8 Å². The number of nitrogens with zero attached hydrogens (tertiary/aromatic N) is 2. The van der Waals surface area contributed by atoms with E-state index in [0.29, 0.717) is 6.54 Å². The van der Waals surface area contributed by atoms with Gasteiger partial charge in [-0.3, -0.25) is 9.59 Å². The normalized spacial score (nSPS) is 19.5. The van der Waals surface area contributed by atoms with Crippen molar-refractivity contribution in [3.63, 3.8) is 0 Å². The number of hydrogen-bond donors (Lipinski definition) is 1. The maximum Gasteiger partial charge on any atom is 0.307 e. The summed E-state index contributed by atoms with van der Waals surface area (Å²) in [6.45, 7) is 0.506. The number of carbonyl (C=O) groups is 2. The van der Waals surface area contributed by atoms with Gasteiger partial charge in [-0.05, 0) is 78.1 Å². The molecule has 5 rings (SSSR count). The Morgan fingerprint density at radius 3 is 2.08 bits per heavy atom. The third-order valence-corrected chi connectivity index (χ3v) is 8.68. The van der Waals surface area contributed by atoms with Crippen molar-refractivity contribution in [1.82, 2.24) is 0 Å². The van der Waals surface area contributed by atoms with Crippen molar-refractivity contribution in [2.24, 2.45) is 11.8 Å². The van der Waals surface area contributed by atoms with E-state index in [9.17, 15) is 14.7 Å². The number of amides is 1. The number of anilines is 2. The van der Waals surface area contributed by atoms with E-state index in [1.807, 2.05) is 37.2 Å². The molecule has 0 spiro atoms. The van der Waals surface area contributed by atoms with Crippen LogP contribution >= 0.6 is 0 Å². The highest BCUT2D eigenvalue weighted by Crippen LogP contribution is 2.41. The van der Waals surface area contributed by atoms with Crippen LogP contribution in [0.3, 0.4) is 0 Å². The summed E-state index contributed by atoms with van der Waals surface area (Å²) >= 11 is 0. The van der Waals surface area contributed by atoms with Gasteiger partial charge in [0.15, 0.2) is 0 Å². The second-order valence-corrected chi connectivity index (χ2v) is 11.5. The Morgan fingerprint density at radius 1 is 0.769 bits per heavy atom. The molecule has 2 fully saturated rings. The van der Waals surface area contributed by atoms with Crippen molar-refractivity contribution >= 4 is 23.3 Å². The molecule has 0 bridgehead atoms. The molecular formula is C34H40N2O3. The molecule has 0 heterocycles. The van der Waals surface area contributed by atoms with Crippen molar-refractivity contribution in [2.45, 2.75) is 63.8 Å². The molecule has 1 amide bonds. The fourth-order valence-corrected chi connectivity index (χ4v) is 6.38. The zero-order chi connectivity index (χ0) is 27.4. The standard InChI is InChI=1S/C34H40N2O3/c1-35(2)29-20-18-26(19-21-29)25-16-14-24(15-17-25)23-36(33(37)27-8-4-3-5-9-27)30-11-6-10-28(22-30)31-12-7-13-32(31)34(38)39/h6,10-11,14-22,27,31-32H,3-5,7-9,12-13,23H2,1-2H3,(H,38,39). The van der Waals surface area contributed by atoms with Gasteiger partial charge in [0.25, 0.3) is 0 Å². The lowest BCUT2D eigenvalue weighted by Crippen LogP contribution is -2.36. The smallest absolute Gasteiger partial charge is 0.307 e. The number of rotatable bonds is 8. The maximum atomic E-state index is 13.9. The first-order valence-corrected chi connectivity index (χ1v) is 14.4. The van der Waals surface area contributed by atoms with Gasteiger partial charge in [-0.1, -0.05) is 74.2 Å². The molecule has 39 heavy (non-hydrogen) atoms. The van der Waals surface area contributed by atoms with Crippen LogP contribution < -0.4 is 9.80 Å². The van der Waals surface area contributed by atoms with Crippen LogP contribution in [0.4, 0.5) is 11.4 Å². The zero-order valence-corrected chi connectivity index (χ0v) is 23.2. The predicted molar refractivity (Wildman–Crippen MR) is 158 cm³/mol. The van der Waals surface area contributed by atoms with E-state index in [-0.39, 0.29) is 23.7 Å². The number of aliphatic carboxylic acids is 1. The Labute approximate surface area is 232 Å². The number of carbonyl (C=O) groups excluding carboxylic acids is 1. The van der Waals surface area contributed by atoms with Crippen LogP contribution in [0.25, 0.3) is 11.1 Å². The van der Waals surface area contributed by atoms with Crippen molar-refractivity contribution in [2.75, 3.05) is 23.9 Å². The summed E-state index contributed by atoms with van der Waals surface area (Å²) in [5.41, 5.74) is 6.48. The third kappa shape index (κ3) is 6.19. The molecule has 5 nitrogen and oxygen atoms in total. The minimum absolute atomic E-state index is 0.00671. The van der Waals surface area contributed by atoms with E-state index >= 15 is 0 Å². The third-order valence-electron chi connectivity index (χ3n) is 8.68. The van der Waals surface area contributed by atoms with Crippen LogP contribution in [-0.2, 0) is 16.1 Å². The number of hydrogen-bond acceptors (Lipinski definition) is 3. The highest BCUT2D eigenvalue weighted by atomic mass is 16.4. The van der Waals surface area contributed by atoms with Gasteiger partial charge in [-0.15, -0.1) is 0 Å². The molecular weight excluding hydrogens is 484 g/mol. The molecule has 2 unspecified atom stereocenters. The average molecular weight is 525 g/mol. The second-order valence-electron chi connectivity index (χ2n) is 11.5. The monoisotopic (exact) mass is 524 g/mol. The van der Waals surface area contributed by atoms with Gasteiger partial charge in [-0.25, -0.2) is 0 Å². The van der Waals surface area contributed by atoms with E-state index in [1.54, 1.807) is 0 Å². The molecule has 3 aromatic rings. The Hall–Kier alpha value is -3.60. The highest BCUT2D eigenvalue weighted by Gasteiger charge is 2.34. The fraction of sp³-hybridized carbons (Fsp3) is 0.412. The summed E-state index contributed by atoms with van der Waals surface area (Å²) in [4.78, 5) is 29.8. The van der Waals surface area contributed by atoms with Crippen LogP contribution in [0.5, 0.6) is 0 Å². The summed E-state index contributed by atoms with van der Waals surface area (Å²) < 4.78 is 0. The Morgan fingerprint density at radius 2 is 1.44 bits per heavy atom. The van der Waals surface area contributed by atoms with Gasteiger partial charge in [0.1, 0.15) is 0 Å². The molecule has 0 aliphatic heterocycles. The first-order chi connectivity index (χ1) is 18.9. The largest absolute Gasteiger partial charge is 0.481 e. The Bertz CT molecular complexity index is 1280. The van der Waals surface area contributed by atoms with Gasteiger partial charge < -0.3 is 14.9 Å². The molecule has 2 saturated carbocycles. The number of carboxylic acid groups (broad SMARTS) is 1. The molecule has 2 aliphatic rings. The van der Waals surface area contributed by atoms with Crippen LogP contribution in [0.1, 0.15) is 68.4 Å². The average Bonchev–Trinajstić information content (AvgIpc) is 3.47. The summed E-state index contributed by atoms with van der Waals surface area (Å²) in [6, 6.07) is 25.2. The van der Waals surface area contributed by atoms with Gasteiger partial charge >= 0.3 is 5.97 Å². The van der Waals surface area contributed by atoms with E-state index < -0.39 is 5.97 Å². The first kappa shape index (κ1) is 27.0. The van der Waals surface area contributed by atoms with Crippen LogP contribution in [-0.4, -0.2) is 31.1 Å². The molecule has 1 N–H and O–H groups in total. The topological polar surface area (TPSA) is 60.9 Å². The zero-order valence-electron chi connectivity index (χ0n) is 23.2. The minimum Gasteiger partial charge on any atom is -0.481 e.